The monoisotopic (exact) mass is 296 g/mol. The Kier molecular flexibility index (Phi) is 4.15. The summed E-state index contributed by atoms with van der Waals surface area (Å²) in [6, 6.07) is 4.40. The van der Waals surface area contributed by atoms with Crippen LogP contribution in [0.1, 0.15) is 35.7 Å². The molecule has 0 aliphatic carbocycles. The summed E-state index contributed by atoms with van der Waals surface area (Å²) in [5, 5.41) is 5.09. The van der Waals surface area contributed by atoms with Crippen LogP contribution >= 0.6 is 0 Å². The first-order valence-electron chi connectivity index (χ1n) is 6.72. The smallest absolute Gasteiger partial charge is 0.254 e. The number of carbonyl (C=O) groups excluding carboxylic acids is 1. The fourth-order valence-corrected chi connectivity index (χ4v) is 3.03. The second kappa shape index (κ2) is 5.54. The largest absolute Gasteiger partial charge is 0.339 e. The molecule has 0 saturated carbocycles. The number of hydrogen-bond acceptors (Lipinski definition) is 3. The zero-order chi connectivity index (χ0) is 14.9. The molecule has 0 unspecified atom stereocenters. The van der Waals surface area contributed by atoms with Gasteiger partial charge in [-0.3, -0.25) is 4.79 Å². The minimum absolute atomic E-state index is 0.0321. The summed E-state index contributed by atoms with van der Waals surface area (Å²) < 4.78 is 22.6. The maximum atomic E-state index is 12.4. The first-order valence-corrected chi connectivity index (χ1v) is 8.26. The Morgan fingerprint density at radius 2 is 1.90 bits per heavy atom. The number of primary sulfonamides is 1. The van der Waals surface area contributed by atoms with Gasteiger partial charge >= 0.3 is 0 Å². The van der Waals surface area contributed by atoms with E-state index in [2.05, 4.69) is 6.92 Å². The third-order valence-corrected chi connectivity index (χ3v) is 4.74. The number of aryl methyl sites for hydroxylation is 1. The van der Waals surface area contributed by atoms with E-state index in [4.69, 9.17) is 5.14 Å². The van der Waals surface area contributed by atoms with Crippen LogP contribution in [-0.2, 0) is 10.0 Å². The van der Waals surface area contributed by atoms with Crippen LogP contribution in [0.4, 0.5) is 0 Å². The van der Waals surface area contributed by atoms with Gasteiger partial charge < -0.3 is 4.90 Å². The van der Waals surface area contributed by atoms with Crippen LogP contribution in [0, 0.1) is 12.8 Å². The number of likely N-dealkylation sites (tertiary alicyclic amines) is 1. The molecule has 1 amide bonds. The minimum Gasteiger partial charge on any atom is -0.339 e. The Labute approximate surface area is 119 Å². The highest BCUT2D eigenvalue weighted by molar-refractivity contribution is 7.89. The van der Waals surface area contributed by atoms with Crippen molar-refractivity contribution >= 4 is 15.9 Å². The standard InChI is InChI=1S/C14H20N2O3S/c1-10-5-7-16(8-6-10)14(17)13-4-3-12(9-11(13)2)20(15,18)19/h3-4,9-10H,5-8H2,1-2H3,(H2,15,18,19). The van der Waals surface area contributed by atoms with Crippen LogP contribution in [0.2, 0.25) is 0 Å². The molecular formula is C14H20N2O3S. The first kappa shape index (κ1) is 15.0. The minimum atomic E-state index is -3.72. The summed E-state index contributed by atoms with van der Waals surface area (Å²) in [4.78, 5) is 14.3. The van der Waals surface area contributed by atoms with Crippen molar-refractivity contribution in [1.82, 2.24) is 4.90 Å². The fourth-order valence-electron chi connectivity index (χ4n) is 2.44. The maximum absolute atomic E-state index is 12.4. The van der Waals surface area contributed by atoms with E-state index in [9.17, 15) is 13.2 Å². The predicted octanol–water partition coefficient (Wildman–Crippen LogP) is 1.51. The van der Waals surface area contributed by atoms with E-state index in [1.165, 1.54) is 12.1 Å². The third kappa shape index (κ3) is 3.19. The van der Waals surface area contributed by atoms with Gasteiger partial charge in [-0.15, -0.1) is 0 Å². The van der Waals surface area contributed by atoms with Crippen molar-refractivity contribution < 1.29 is 13.2 Å². The van der Waals surface area contributed by atoms with Gasteiger partial charge in [-0.2, -0.15) is 0 Å². The van der Waals surface area contributed by atoms with Crippen LogP contribution in [0.5, 0.6) is 0 Å². The number of benzene rings is 1. The summed E-state index contributed by atoms with van der Waals surface area (Å²) in [7, 11) is -3.72. The first-order chi connectivity index (χ1) is 9.29. The molecule has 110 valence electrons. The summed E-state index contributed by atoms with van der Waals surface area (Å²) in [6.07, 6.45) is 2.03. The quantitative estimate of drug-likeness (QED) is 0.898. The van der Waals surface area contributed by atoms with Gasteiger partial charge in [0.2, 0.25) is 10.0 Å². The Morgan fingerprint density at radius 1 is 1.30 bits per heavy atom. The fraction of sp³-hybridized carbons (Fsp3) is 0.500. The lowest BCUT2D eigenvalue weighted by Gasteiger charge is -2.30. The highest BCUT2D eigenvalue weighted by Gasteiger charge is 2.23. The Balaban J connectivity index is 2.23. The van der Waals surface area contributed by atoms with Crippen molar-refractivity contribution in [2.24, 2.45) is 11.1 Å². The molecule has 0 radical (unpaired) electrons. The van der Waals surface area contributed by atoms with Crippen LogP contribution in [0.15, 0.2) is 23.1 Å². The normalized spacial score (nSPS) is 17.2. The highest BCUT2D eigenvalue weighted by Crippen LogP contribution is 2.21. The van der Waals surface area contributed by atoms with E-state index in [-0.39, 0.29) is 10.8 Å². The van der Waals surface area contributed by atoms with Gasteiger partial charge in [-0.1, -0.05) is 6.92 Å². The molecule has 1 saturated heterocycles. The van der Waals surface area contributed by atoms with E-state index in [0.29, 0.717) is 17.0 Å². The zero-order valence-electron chi connectivity index (χ0n) is 11.8. The van der Waals surface area contributed by atoms with Crippen LogP contribution in [-0.4, -0.2) is 32.3 Å². The predicted molar refractivity (Wildman–Crippen MR) is 76.9 cm³/mol. The SMILES string of the molecule is Cc1cc(S(N)(=O)=O)ccc1C(=O)N1CCC(C)CC1. The summed E-state index contributed by atoms with van der Waals surface area (Å²) in [5.74, 6) is 0.625. The number of nitrogens with zero attached hydrogens (tertiary/aromatic N) is 1. The van der Waals surface area contributed by atoms with Crippen molar-refractivity contribution in [1.29, 1.82) is 0 Å². The Morgan fingerprint density at radius 3 is 2.40 bits per heavy atom. The van der Waals surface area contributed by atoms with E-state index >= 15 is 0 Å². The number of piperidine rings is 1. The molecule has 1 aliphatic rings. The number of amides is 1. The summed E-state index contributed by atoms with van der Waals surface area (Å²) in [5.41, 5.74) is 1.19. The molecule has 20 heavy (non-hydrogen) atoms. The lowest BCUT2D eigenvalue weighted by atomic mass is 9.98. The lowest BCUT2D eigenvalue weighted by Crippen LogP contribution is -2.38. The molecule has 0 bridgehead atoms. The van der Waals surface area contributed by atoms with Gasteiger partial charge in [0.25, 0.3) is 5.91 Å². The lowest BCUT2D eigenvalue weighted by molar-refractivity contribution is 0.0696. The summed E-state index contributed by atoms with van der Waals surface area (Å²) in [6.45, 7) is 5.44. The second-order valence-corrected chi connectivity index (χ2v) is 7.06. The maximum Gasteiger partial charge on any atom is 0.254 e. The van der Waals surface area contributed by atoms with Crippen LogP contribution < -0.4 is 5.14 Å². The van der Waals surface area contributed by atoms with Gasteiger partial charge in [0.15, 0.2) is 0 Å². The average Bonchev–Trinajstić information content (AvgIpc) is 2.37. The molecule has 0 atom stereocenters. The molecule has 1 aliphatic heterocycles. The second-order valence-electron chi connectivity index (χ2n) is 5.50. The van der Waals surface area contributed by atoms with Gasteiger partial charge in [-0.25, -0.2) is 13.6 Å². The zero-order valence-corrected chi connectivity index (χ0v) is 12.6. The molecule has 2 N–H and O–H groups in total. The van der Waals surface area contributed by atoms with Gasteiger partial charge in [-0.05, 0) is 49.4 Å². The Bertz CT molecular complexity index is 617. The number of carbonyl (C=O) groups is 1. The number of nitrogens with two attached hydrogens (primary N) is 1. The third-order valence-electron chi connectivity index (χ3n) is 3.83. The Hall–Kier alpha value is -1.40. The van der Waals surface area contributed by atoms with Crippen LogP contribution in [0.25, 0.3) is 0 Å². The molecular weight excluding hydrogens is 276 g/mol. The highest BCUT2D eigenvalue weighted by atomic mass is 32.2. The molecule has 1 aromatic carbocycles. The van der Waals surface area contributed by atoms with Crippen molar-refractivity contribution in [2.45, 2.75) is 31.6 Å². The van der Waals surface area contributed by atoms with Crippen LogP contribution in [0.3, 0.4) is 0 Å². The number of rotatable bonds is 2. The summed E-state index contributed by atoms with van der Waals surface area (Å²) >= 11 is 0. The van der Waals surface area contributed by atoms with Crippen molar-refractivity contribution in [3.05, 3.63) is 29.3 Å². The van der Waals surface area contributed by atoms with Crippen molar-refractivity contribution in [2.75, 3.05) is 13.1 Å². The van der Waals surface area contributed by atoms with Crippen molar-refractivity contribution in [3.8, 4) is 0 Å². The van der Waals surface area contributed by atoms with Gasteiger partial charge in [0.05, 0.1) is 4.90 Å². The van der Waals surface area contributed by atoms with E-state index in [1.807, 2.05) is 4.90 Å². The number of sulfonamides is 1. The molecule has 1 fully saturated rings. The molecule has 5 nitrogen and oxygen atoms in total. The molecule has 6 heteroatoms. The molecule has 1 aromatic rings. The van der Waals surface area contributed by atoms with Crippen molar-refractivity contribution in [3.63, 3.8) is 0 Å². The van der Waals surface area contributed by atoms with E-state index in [0.717, 1.165) is 25.9 Å². The molecule has 0 aromatic heterocycles. The topological polar surface area (TPSA) is 80.5 Å². The average molecular weight is 296 g/mol. The molecule has 1 heterocycles. The molecule has 0 spiro atoms. The number of hydrogen-bond donors (Lipinski definition) is 1. The van der Waals surface area contributed by atoms with Gasteiger partial charge in [0.1, 0.15) is 0 Å². The van der Waals surface area contributed by atoms with Gasteiger partial charge in [0, 0.05) is 18.7 Å². The van der Waals surface area contributed by atoms with E-state index in [1.54, 1.807) is 13.0 Å². The molecule has 2 rings (SSSR count). The van der Waals surface area contributed by atoms with E-state index < -0.39 is 10.0 Å².